The van der Waals surface area contributed by atoms with E-state index in [1.807, 2.05) is 63.2 Å². The Morgan fingerprint density at radius 2 is 1.83 bits per heavy atom. The predicted octanol–water partition coefficient (Wildman–Crippen LogP) is 4.48. The summed E-state index contributed by atoms with van der Waals surface area (Å²) < 4.78 is 10.4. The van der Waals surface area contributed by atoms with Gasteiger partial charge in [0, 0.05) is 36.2 Å². The molecule has 2 aromatic carbocycles. The molecule has 9 heteroatoms. The number of carbonyl (C=O) groups excluding carboxylic acids is 2. The molecule has 1 aliphatic heterocycles. The van der Waals surface area contributed by atoms with E-state index in [-0.39, 0.29) is 31.1 Å². The lowest BCUT2D eigenvalue weighted by molar-refractivity contribution is -0.133. The molecule has 188 valence electrons. The van der Waals surface area contributed by atoms with Gasteiger partial charge < -0.3 is 19.7 Å². The molecule has 0 unspecified atom stereocenters. The van der Waals surface area contributed by atoms with Crippen molar-refractivity contribution < 1.29 is 19.1 Å². The van der Waals surface area contributed by atoms with Crippen LogP contribution in [0.2, 0.25) is 5.02 Å². The first-order valence-corrected chi connectivity index (χ1v) is 11.8. The third kappa shape index (κ3) is 6.96. The van der Waals surface area contributed by atoms with Gasteiger partial charge in [0.1, 0.15) is 12.3 Å². The number of hydrazone groups is 1. The van der Waals surface area contributed by atoms with E-state index in [1.165, 1.54) is 9.91 Å². The van der Waals surface area contributed by atoms with Gasteiger partial charge in [-0.2, -0.15) is 5.10 Å². The number of nitrogens with zero attached hydrogens (tertiary/aromatic N) is 3. The molecule has 0 spiro atoms. The van der Waals surface area contributed by atoms with Crippen LogP contribution in [0.3, 0.4) is 0 Å². The minimum Gasteiger partial charge on any atom is -0.497 e. The Kier molecular flexibility index (Phi) is 8.75. The number of carbonyl (C=O) groups is 2. The summed E-state index contributed by atoms with van der Waals surface area (Å²) in [5, 5.41) is 9.63. The van der Waals surface area contributed by atoms with E-state index in [1.54, 1.807) is 20.3 Å². The van der Waals surface area contributed by atoms with Gasteiger partial charge in [0.2, 0.25) is 0 Å². The first-order valence-electron chi connectivity index (χ1n) is 11.5. The van der Waals surface area contributed by atoms with Gasteiger partial charge in [0.25, 0.3) is 5.91 Å². The van der Waals surface area contributed by atoms with Crippen molar-refractivity contribution in [1.82, 2.24) is 15.2 Å². The van der Waals surface area contributed by atoms with Crippen LogP contribution in [-0.4, -0.2) is 67.0 Å². The third-order valence-corrected chi connectivity index (χ3v) is 5.84. The average Bonchev–Trinajstić information content (AvgIpc) is 3.26. The lowest BCUT2D eigenvalue weighted by Gasteiger charge is -2.30. The van der Waals surface area contributed by atoms with E-state index in [2.05, 4.69) is 10.4 Å². The van der Waals surface area contributed by atoms with Gasteiger partial charge in [-0.25, -0.2) is 9.80 Å². The normalized spacial score (nSPS) is 15.5. The fourth-order valence-electron chi connectivity index (χ4n) is 3.77. The maximum absolute atomic E-state index is 13.6. The monoisotopic (exact) mass is 500 g/mol. The summed E-state index contributed by atoms with van der Waals surface area (Å²) in [6.07, 6.45) is 0.494. The molecule has 8 nitrogen and oxygen atoms in total. The number of nitrogens with one attached hydrogen (secondary N) is 1. The molecule has 0 aliphatic carbocycles. The first-order chi connectivity index (χ1) is 16.6. The second kappa shape index (κ2) is 11.6. The topological polar surface area (TPSA) is 83.5 Å². The SMILES string of the molecule is COCCN(CC(=O)N1N=C(c2ccccc2Cl)C[C@@H]1c1ccc(OC)cc1)C(=O)NC(C)(C)C. The molecule has 0 saturated heterocycles. The fraction of sp³-hybridized carbons (Fsp3) is 0.423. The predicted molar refractivity (Wildman–Crippen MR) is 137 cm³/mol. The number of urea groups is 1. The molecule has 0 radical (unpaired) electrons. The van der Waals surface area contributed by atoms with Crippen molar-refractivity contribution in [3.63, 3.8) is 0 Å². The molecule has 1 N–H and O–H groups in total. The van der Waals surface area contributed by atoms with E-state index < -0.39 is 5.54 Å². The van der Waals surface area contributed by atoms with E-state index in [0.29, 0.717) is 23.8 Å². The summed E-state index contributed by atoms with van der Waals surface area (Å²) in [5.74, 6) is 0.425. The van der Waals surface area contributed by atoms with Crippen molar-refractivity contribution in [2.45, 2.75) is 38.8 Å². The van der Waals surface area contributed by atoms with Gasteiger partial charge in [0.05, 0.1) is 25.5 Å². The van der Waals surface area contributed by atoms with Gasteiger partial charge in [0.15, 0.2) is 0 Å². The summed E-state index contributed by atoms with van der Waals surface area (Å²) in [7, 11) is 3.16. The van der Waals surface area contributed by atoms with Crippen molar-refractivity contribution in [2.24, 2.45) is 5.10 Å². The van der Waals surface area contributed by atoms with Crippen LogP contribution in [0.4, 0.5) is 4.79 Å². The molecule has 2 aromatic rings. The summed E-state index contributed by atoms with van der Waals surface area (Å²) in [6, 6.07) is 14.3. The highest BCUT2D eigenvalue weighted by molar-refractivity contribution is 6.34. The molecule has 0 aromatic heterocycles. The third-order valence-electron chi connectivity index (χ3n) is 5.51. The largest absolute Gasteiger partial charge is 0.497 e. The van der Waals surface area contributed by atoms with E-state index >= 15 is 0 Å². The fourth-order valence-corrected chi connectivity index (χ4v) is 4.02. The standard InChI is InChI=1S/C26H33ClN4O4/c1-26(2,3)28-25(33)30(14-15-34-4)17-24(32)31-23(18-10-12-19(35-5)13-11-18)16-22(29-31)20-8-6-7-9-21(20)27/h6-13,23H,14-17H2,1-5H3,(H,28,33)/t23-/m1/s1. The zero-order valence-electron chi connectivity index (χ0n) is 20.9. The molecule has 35 heavy (non-hydrogen) atoms. The molecule has 1 heterocycles. The van der Waals surface area contributed by atoms with Gasteiger partial charge in [-0.3, -0.25) is 4.79 Å². The number of methoxy groups -OCH3 is 2. The van der Waals surface area contributed by atoms with Gasteiger partial charge in [-0.1, -0.05) is 41.9 Å². The van der Waals surface area contributed by atoms with Crippen LogP contribution in [0, 0.1) is 0 Å². The molecule has 1 atom stereocenters. The van der Waals surface area contributed by atoms with Gasteiger partial charge >= 0.3 is 6.03 Å². The number of benzene rings is 2. The number of halogens is 1. The molecular weight excluding hydrogens is 468 g/mol. The van der Waals surface area contributed by atoms with Crippen LogP contribution in [0.1, 0.15) is 44.4 Å². The van der Waals surface area contributed by atoms with Crippen molar-refractivity contribution in [3.05, 3.63) is 64.7 Å². The summed E-state index contributed by atoms with van der Waals surface area (Å²) in [4.78, 5) is 27.9. The highest BCUT2D eigenvalue weighted by atomic mass is 35.5. The molecule has 0 saturated carbocycles. The molecule has 3 rings (SSSR count). The molecule has 3 amide bonds. The van der Waals surface area contributed by atoms with E-state index in [0.717, 1.165) is 16.9 Å². The van der Waals surface area contributed by atoms with Crippen molar-refractivity contribution in [2.75, 3.05) is 33.9 Å². The highest BCUT2D eigenvalue weighted by Gasteiger charge is 2.35. The van der Waals surface area contributed by atoms with E-state index in [4.69, 9.17) is 21.1 Å². The smallest absolute Gasteiger partial charge is 0.318 e. The molecule has 0 bridgehead atoms. The van der Waals surface area contributed by atoms with Gasteiger partial charge in [-0.05, 0) is 44.5 Å². The van der Waals surface area contributed by atoms with Crippen LogP contribution in [0.15, 0.2) is 53.6 Å². The van der Waals surface area contributed by atoms with Crippen LogP contribution >= 0.6 is 11.6 Å². The Balaban J connectivity index is 1.90. The number of hydrogen-bond donors (Lipinski definition) is 1. The Labute approximate surface area is 211 Å². The quantitative estimate of drug-likeness (QED) is 0.579. The van der Waals surface area contributed by atoms with Crippen molar-refractivity contribution in [3.8, 4) is 5.75 Å². The highest BCUT2D eigenvalue weighted by Crippen LogP contribution is 2.35. The Morgan fingerprint density at radius 1 is 1.14 bits per heavy atom. The number of rotatable bonds is 8. The minimum atomic E-state index is -0.444. The number of amides is 3. The Morgan fingerprint density at radius 3 is 2.43 bits per heavy atom. The second-order valence-electron chi connectivity index (χ2n) is 9.35. The summed E-state index contributed by atoms with van der Waals surface area (Å²) in [6.45, 7) is 6.11. The zero-order valence-corrected chi connectivity index (χ0v) is 21.6. The minimum absolute atomic E-state index is 0.142. The second-order valence-corrected chi connectivity index (χ2v) is 9.76. The average molecular weight is 501 g/mol. The van der Waals surface area contributed by atoms with Crippen LogP contribution < -0.4 is 10.1 Å². The Hall–Kier alpha value is -3.10. The van der Waals surface area contributed by atoms with Crippen LogP contribution in [-0.2, 0) is 9.53 Å². The number of hydrogen-bond acceptors (Lipinski definition) is 5. The zero-order chi connectivity index (χ0) is 25.6. The summed E-state index contributed by atoms with van der Waals surface area (Å²) >= 11 is 6.43. The Bertz CT molecular complexity index is 1070. The molecule has 0 fully saturated rings. The first kappa shape index (κ1) is 26.5. The lowest BCUT2D eigenvalue weighted by Crippen LogP contribution is -2.52. The van der Waals surface area contributed by atoms with Crippen LogP contribution in [0.5, 0.6) is 5.75 Å². The molecular formula is C26H33ClN4O4. The number of ether oxygens (including phenoxy) is 2. The lowest BCUT2D eigenvalue weighted by atomic mass is 9.98. The summed E-state index contributed by atoms with van der Waals surface area (Å²) in [5.41, 5.74) is 1.96. The maximum Gasteiger partial charge on any atom is 0.318 e. The maximum atomic E-state index is 13.6. The van der Waals surface area contributed by atoms with Crippen molar-refractivity contribution >= 4 is 29.3 Å². The molecule has 1 aliphatic rings. The van der Waals surface area contributed by atoms with Crippen molar-refractivity contribution in [1.29, 1.82) is 0 Å². The van der Waals surface area contributed by atoms with Crippen LogP contribution in [0.25, 0.3) is 0 Å². The van der Waals surface area contributed by atoms with Gasteiger partial charge in [-0.15, -0.1) is 0 Å². The van der Waals surface area contributed by atoms with E-state index in [9.17, 15) is 9.59 Å².